The average Bonchev–Trinajstić information content (AvgIpc) is 2.31. The molecule has 0 aromatic heterocycles. The first-order valence-corrected chi connectivity index (χ1v) is 5.47. The van der Waals surface area contributed by atoms with Gasteiger partial charge in [0, 0.05) is 17.8 Å². The summed E-state index contributed by atoms with van der Waals surface area (Å²) in [6.45, 7) is 4.22. The van der Waals surface area contributed by atoms with Crippen molar-refractivity contribution in [3.05, 3.63) is 29.3 Å². The molecule has 0 fully saturated rings. The molecule has 18 heavy (non-hydrogen) atoms. The van der Waals surface area contributed by atoms with Crippen molar-refractivity contribution in [2.45, 2.75) is 13.8 Å². The zero-order chi connectivity index (χ0) is 12.8. The van der Waals surface area contributed by atoms with Gasteiger partial charge in [0.05, 0.1) is 6.54 Å². The van der Waals surface area contributed by atoms with E-state index < -0.39 is 0 Å². The maximum atomic E-state index is 11.6. The number of anilines is 1. The van der Waals surface area contributed by atoms with Crippen molar-refractivity contribution >= 4 is 29.9 Å². The summed E-state index contributed by atoms with van der Waals surface area (Å²) in [5.41, 5.74) is 7.29. The second-order valence-corrected chi connectivity index (χ2v) is 3.64. The molecule has 6 heteroatoms. The highest BCUT2D eigenvalue weighted by Gasteiger charge is 2.07. The van der Waals surface area contributed by atoms with Crippen LogP contribution in [0.3, 0.4) is 0 Å². The van der Waals surface area contributed by atoms with E-state index in [1.807, 2.05) is 13.8 Å². The molecule has 5 nitrogen and oxygen atoms in total. The van der Waals surface area contributed by atoms with Crippen molar-refractivity contribution in [2.75, 3.05) is 18.4 Å². The van der Waals surface area contributed by atoms with Crippen molar-refractivity contribution in [3.8, 4) is 0 Å². The second kappa shape index (κ2) is 7.68. The Kier molecular flexibility index (Phi) is 7.00. The van der Waals surface area contributed by atoms with Crippen LogP contribution < -0.4 is 16.4 Å². The van der Waals surface area contributed by atoms with E-state index in [0.717, 1.165) is 5.56 Å². The van der Waals surface area contributed by atoms with Crippen LogP contribution in [0.4, 0.5) is 5.69 Å². The molecule has 2 amide bonds. The molecular formula is C12H18ClN3O2. The van der Waals surface area contributed by atoms with Gasteiger partial charge in [-0.1, -0.05) is 0 Å². The normalized spacial score (nSPS) is 9.28. The molecule has 0 saturated carbocycles. The number of carbonyl (C=O) groups is 2. The molecule has 0 atom stereocenters. The first-order chi connectivity index (χ1) is 8.08. The molecule has 4 N–H and O–H groups in total. The Bertz CT molecular complexity index is 435. The van der Waals surface area contributed by atoms with E-state index in [0.29, 0.717) is 17.8 Å². The van der Waals surface area contributed by atoms with Gasteiger partial charge in [-0.15, -0.1) is 12.4 Å². The van der Waals surface area contributed by atoms with Crippen LogP contribution in [0.2, 0.25) is 0 Å². The smallest absolute Gasteiger partial charge is 0.251 e. The molecule has 0 unspecified atom stereocenters. The van der Waals surface area contributed by atoms with Crippen LogP contribution in [0, 0.1) is 6.92 Å². The fourth-order valence-corrected chi connectivity index (χ4v) is 1.41. The molecule has 0 aliphatic carbocycles. The lowest BCUT2D eigenvalue weighted by molar-refractivity contribution is -0.114. The Morgan fingerprint density at radius 1 is 1.33 bits per heavy atom. The molecule has 0 aliphatic heterocycles. The molecule has 0 saturated heterocycles. The monoisotopic (exact) mass is 271 g/mol. The van der Waals surface area contributed by atoms with Gasteiger partial charge in [0.15, 0.2) is 0 Å². The highest BCUT2D eigenvalue weighted by molar-refractivity contribution is 5.96. The fraction of sp³-hybridized carbons (Fsp3) is 0.333. The van der Waals surface area contributed by atoms with E-state index in [1.54, 1.807) is 18.2 Å². The minimum atomic E-state index is -0.251. The van der Waals surface area contributed by atoms with Gasteiger partial charge in [-0.05, 0) is 37.6 Å². The maximum Gasteiger partial charge on any atom is 0.251 e. The van der Waals surface area contributed by atoms with Crippen molar-refractivity contribution in [1.29, 1.82) is 0 Å². The van der Waals surface area contributed by atoms with Gasteiger partial charge in [0.25, 0.3) is 5.91 Å². The molecule has 0 aliphatic rings. The van der Waals surface area contributed by atoms with E-state index in [1.165, 1.54) is 0 Å². The highest BCUT2D eigenvalue weighted by Crippen LogP contribution is 2.16. The standard InChI is InChI=1S/C12H17N3O2.ClH/c1-3-14-12(17)9-4-5-10(8(2)6-9)15-11(16)7-13;/h4-6H,3,7,13H2,1-2H3,(H,14,17)(H,15,16);1H. The van der Waals surface area contributed by atoms with Crippen LogP contribution in [0.15, 0.2) is 18.2 Å². The zero-order valence-corrected chi connectivity index (χ0v) is 11.3. The third kappa shape index (κ3) is 4.35. The van der Waals surface area contributed by atoms with E-state index in [4.69, 9.17) is 5.73 Å². The number of nitrogens with two attached hydrogens (primary N) is 1. The third-order valence-electron chi connectivity index (χ3n) is 2.29. The minimum Gasteiger partial charge on any atom is -0.352 e. The minimum absolute atomic E-state index is 0. The molecule has 0 heterocycles. The van der Waals surface area contributed by atoms with Gasteiger partial charge >= 0.3 is 0 Å². The van der Waals surface area contributed by atoms with Crippen LogP contribution in [-0.2, 0) is 4.79 Å². The summed E-state index contributed by atoms with van der Waals surface area (Å²) in [6, 6.07) is 5.11. The Labute approximate surface area is 113 Å². The topological polar surface area (TPSA) is 84.2 Å². The first kappa shape index (κ1) is 16.4. The number of hydrogen-bond donors (Lipinski definition) is 3. The zero-order valence-electron chi connectivity index (χ0n) is 10.4. The Balaban J connectivity index is 0.00000289. The summed E-state index contributed by atoms with van der Waals surface area (Å²) in [5, 5.41) is 5.38. The van der Waals surface area contributed by atoms with Crippen LogP contribution in [0.5, 0.6) is 0 Å². The summed E-state index contributed by atoms with van der Waals surface area (Å²) in [7, 11) is 0. The number of benzene rings is 1. The average molecular weight is 272 g/mol. The van der Waals surface area contributed by atoms with E-state index in [-0.39, 0.29) is 30.8 Å². The Morgan fingerprint density at radius 2 is 2.00 bits per heavy atom. The lowest BCUT2D eigenvalue weighted by atomic mass is 10.1. The lowest BCUT2D eigenvalue weighted by Gasteiger charge is -2.09. The number of carbonyl (C=O) groups excluding carboxylic acids is 2. The molecular weight excluding hydrogens is 254 g/mol. The predicted molar refractivity (Wildman–Crippen MR) is 74.1 cm³/mol. The summed E-state index contributed by atoms with van der Waals surface area (Å²) < 4.78 is 0. The van der Waals surface area contributed by atoms with Crippen molar-refractivity contribution in [1.82, 2.24) is 5.32 Å². The number of amides is 2. The van der Waals surface area contributed by atoms with Crippen molar-refractivity contribution < 1.29 is 9.59 Å². The third-order valence-corrected chi connectivity index (χ3v) is 2.29. The Morgan fingerprint density at radius 3 is 2.50 bits per heavy atom. The SMILES string of the molecule is CCNC(=O)c1ccc(NC(=O)CN)c(C)c1.Cl. The molecule has 100 valence electrons. The van der Waals surface area contributed by atoms with Gasteiger partial charge in [-0.2, -0.15) is 0 Å². The predicted octanol–water partition coefficient (Wildman–Crippen LogP) is 1.06. The summed E-state index contributed by atoms with van der Waals surface area (Å²) in [6.07, 6.45) is 0. The van der Waals surface area contributed by atoms with E-state index in [9.17, 15) is 9.59 Å². The summed E-state index contributed by atoms with van der Waals surface area (Å²) >= 11 is 0. The molecule has 0 spiro atoms. The molecule has 1 rings (SSSR count). The van der Waals surface area contributed by atoms with Gasteiger partial charge < -0.3 is 16.4 Å². The number of hydrogen-bond acceptors (Lipinski definition) is 3. The number of nitrogens with one attached hydrogen (secondary N) is 2. The van der Waals surface area contributed by atoms with Gasteiger partial charge in [-0.3, -0.25) is 9.59 Å². The Hall–Kier alpha value is -1.59. The van der Waals surface area contributed by atoms with Crippen LogP contribution in [0.1, 0.15) is 22.8 Å². The van der Waals surface area contributed by atoms with E-state index in [2.05, 4.69) is 10.6 Å². The number of aryl methyl sites for hydroxylation is 1. The summed E-state index contributed by atoms with van der Waals surface area (Å²) in [5.74, 6) is -0.369. The maximum absolute atomic E-state index is 11.6. The van der Waals surface area contributed by atoms with Gasteiger partial charge in [0.2, 0.25) is 5.91 Å². The van der Waals surface area contributed by atoms with Crippen LogP contribution >= 0.6 is 12.4 Å². The molecule has 0 radical (unpaired) electrons. The number of rotatable bonds is 4. The van der Waals surface area contributed by atoms with Crippen molar-refractivity contribution in [2.24, 2.45) is 5.73 Å². The lowest BCUT2D eigenvalue weighted by Crippen LogP contribution is -2.24. The molecule has 0 bridgehead atoms. The second-order valence-electron chi connectivity index (χ2n) is 3.64. The van der Waals surface area contributed by atoms with Gasteiger partial charge in [-0.25, -0.2) is 0 Å². The molecule has 1 aromatic carbocycles. The highest BCUT2D eigenvalue weighted by atomic mass is 35.5. The number of halogens is 1. The fourth-order valence-electron chi connectivity index (χ4n) is 1.41. The largest absolute Gasteiger partial charge is 0.352 e. The summed E-state index contributed by atoms with van der Waals surface area (Å²) in [4.78, 5) is 22.7. The van der Waals surface area contributed by atoms with Crippen molar-refractivity contribution in [3.63, 3.8) is 0 Å². The first-order valence-electron chi connectivity index (χ1n) is 5.47. The van der Waals surface area contributed by atoms with Crippen LogP contribution in [0.25, 0.3) is 0 Å². The van der Waals surface area contributed by atoms with Gasteiger partial charge in [0.1, 0.15) is 0 Å². The van der Waals surface area contributed by atoms with Crippen LogP contribution in [-0.4, -0.2) is 24.9 Å². The quantitative estimate of drug-likeness (QED) is 0.766. The molecule has 1 aromatic rings. The van der Waals surface area contributed by atoms with E-state index >= 15 is 0 Å².